The fraction of sp³-hybridized carbons (Fsp3) is 0.417. The van der Waals surface area contributed by atoms with Crippen molar-refractivity contribution < 1.29 is 19.0 Å². The van der Waals surface area contributed by atoms with Gasteiger partial charge in [0.15, 0.2) is 0 Å². The van der Waals surface area contributed by atoms with Crippen LogP contribution in [0.2, 0.25) is 0 Å². The molecule has 5 heteroatoms. The van der Waals surface area contributed by atoms with Crippen molar-refractivity contribution in [2.24, 2.45) is 0 Å². The molecule has 1 rings (SSSR count). The first-order valence-electron chi connectivity index (χ1n) is 5.36. The van der Waals surface area contributed by atoms with Gasteiger partial charge in [0, 0.05) is 20.3 Å². The van der Waals surface area contributed by atoms with Gasteiger partial charge in [-0.25, -0.2) is 9.18 Å². The van der Waals surface area contributed by atoms with Gasteiger partial charge >= 0.3 is 5.97 Å². The Kier molecular flexibility index (Phi) is 5.59. The highest BCUT2D eigenvalue weighted by Crippen LogP contribution is 2.10. The van der Waals surface area contributed by atoms with Crippen molar-refractivity contribution in [1.29, 1.82) is 0 Å². The van der Waals surface area contributed by atoms with Gasteiger partial charge in [-0.2, -0.15) is 0 Å². The maximum atomic E-state index is 13.3. The molecule has 1 aromatic carbocycles. The van der Waals surface area contributed by atoms with Gasteiger partial charge in [-0.15, -0.1) is 0 Å². The van der Waals surface area contributed by atoms with Crippen LogP contribution in [0.3, 0.4) is 0 Å². The molecule has 94 valence electrons. The van der Waals surface area contributed by atoms with Gasteiger partial charge in [0.1, 0.15) is 5.82 Å². The minimum Gasteiger partial charge on any atom is -0.478 e. The molecule has 0 radical (unpaired) electrons. The second-order valence-corrected chi connectivity index (χ2v) is 3.64. The third kappa shape index (κ3) is 4.50. The van der Waals surface area contributed by atoms with Crippen molar-refractivity contribution in [1.82, 2.24) is 5.32 Å². The molecule has 4 nitrogen and oxygen atoms in total. The van der Waals surface area contributed by atoms with E-state index in [4.69, 9.17) is 9.84 Å². The Hall–Kier alpha value is -1.46. The molecule has 2 N–H and O–H groups in total. The molecule has 0 aliphatic carbocycles. The van der Waals surface area contributed by atoms with Gasteiger partial charge in [-0.05, 0) is 30.7 Å². The van der Waals surface area contributed by atoms with Crippen molar-refractivity contribution in [3.8, 4) is 0 Å². The highest BCUT2D eigenvalue weighted by atomic mass is 19.1. The summed E-state index contributed by atoms with van der Waals surface area (Å²) in [7, 11) is 1.64. The first-order chi connectivity index (χ1) is 8.15. The van der Waals surface area contributed by atoms with Crippen LogP contribution in [0.25, 0.3) is 0 Å². The lowest BCUT2D eigenvalue weighted by molar-refractivity contribution is 0.0692. The van der Waals surface area contributed by atoms with Crippen LogP contribution in [0.15, 0.2) is 18.2 Å². The Morgan fingerprint density at radius 1 is 1.53 bits per heavy atom. The molecular weight excluding hydrogens is 225 g/mol. The molecule has 0 aromatic heterocycles. The van der Waals surface area contributed by atoms with E-state index in [1.807, 2.05) is 0 Å². The number of hydrogen-bond donors (Lipinski definition) is 2. The zero-order valence-corrected chi connectivity index (χ0v) is 9.70. The van der Waals surface area contributed by atoms with Crippen LogP contribution in [0.1, 0.15) is 22.3 Å². The molecule has 0 aliphatic heterocycles. The fourth-order valence-electron chi connectivity index (χ4n) is 1.42. The van der Waals surface area contributed by atoms with Crippen molar-refractivity contribution >= 4 is 5.97 Å². The lowest BCUT2D eigenvalue weighted by atomic mass is 10.1. The van der Waals surface area contributed by atoms with E-state index < -0.39 is 11.8 Å². The number of carbonyl (C=O) groups is 1. The monoisotopic (exact) mass is 241 g/mol. The molecule has 0 bridgehead atoms. The number of halogens is 1. The molecule has 0 heterocycles. The molecule has 0 saturated heterocycles. The number of carboxylic acid groups (broad SMARTS) is 1. The van der Waals surface area contributed by atoms with E-state index in [-0.39, 0.29) is 5.56 Å². The minimum atomic E-state index is -1.25. The SMILES string of the molecule is COCCCNCc1ccc(C(=O)O)c(F)c1. The predicted octanol–water partition coefficient (Wildman–Crippen LogP) is 1.65. The summed E-state index contributed by atoms with van der Waals surface area (Å²) >= 11 is 0. The van der Waals surface area contributed by atoms with Crippen LogP contribution >= 0.6 is 0 Å². The van der Waals surface area contributed by atoms with Gasteiger partial charge in [0.05, 0.1) is 5.56 Å². The maximum absolute atomic E-state index is 13.3. The van der Waals surface area contributed by atoms with Gasteiger partial charge in [-0.1, -0.05) is 6.07 Å². The molecule has 0 fully saturated rings. The number of carboxylic acids is 1. The van der Waals surface area contributed by atoms with Crippen molar-refractivity contribution in [3.05, 3.63) is 35.1 Å². The summed E-state index contributed by atoms with van der Waals surface area (Å²) in [6.45, 7) is 1.97. The van der Waals surface area contributed by atoms with Crippen LogP contribution in [0.5, 0.6) is 0 Å². The summed E-state index contributed by atoms with van der Waals surface area (Å²) in [5.74, 6) is -1.95. The molecule has 0 spiro atoms. The zero-order chi connectivity index (χ0) is 12.7. The van der Waals surface area contributed by atoms with E-state index in [2.05, 4.69) is 5.32 Å². The van der Waals surface area contributed by atoms with Crippen LogP contribution in [0.4, 0.5) is 4.39 Å². The van der Waals surface area contributed by atoms with Gasteiger partial charge in [-0.3, -0.25) is 0 Å². The molecule has 0 aliphatic rings. The number of rotatable bonds is 7. The Morgan fingerprint density at radius 2 is 2.29 bits per heavy atom. The highest BCUT2D eigenvalue weighted by Gasteiger charge is 2.09. The number of ether oxygens (including phenoxy) is 1. The Balaban J connectivity index is 2.45. The number of nitrogens with one attached hydrogen (secondary N) is 1. The maximum Gasteiger partial charge on any atom is 0.338 e. The number of aromatic carboxylic acids is 1. The van der Waals surface area contributed by atoms with Crippen molar-refractivity contribution in [2.75, 3.05) is 20.3 Å². The molecular formula is C12H16FNO3. The van der Waals surface area contributed by atoms with E-state index in [0.717, 1.165) is 18.5 Å². The second-order valence-electron chi connectivity index (χ2n) is 3.64. The van der Waals surface area contributed by atoms with Crippen LogP contribution in [-0.4, -0.2) is 31.3 Å². The molecule has 1 aromatic rings. The van der Waals surface area contributed by atoms with Gasteiger partial charge in [0.25, 0.3) is 0 Å². The highest BCUT2D eigenvalue weighted by molar-refractivity contribution is 5.87. The van der Waals surface area contributed by atoms with E-state index >= 15 is 0 Å². The van der Waals surface area contributed by atoms with Crippen LogP contribution < -0.4 is 5.32 Å². The summed E-state index contributed by atoms with van der Waals surface area (Å²) in [6, 6.07) is 4.13. The van der Waals surface area contributed by atoms with E-state index in [0.29, 0.717) is 13.2 Å². The third-order valence-corrected chi connectivity index (χ3v) is 2.30. The quantitative estimate of drug-likeness (QED) is 0.713. The molecule has 17 heavy (non-hydrogen) atoms. The lowest BCUT2D eigenvalue weighted by Gasteiger charge is -2.05. The molecule has 0 amide bonds. The molecule has 0 atom stereocenters. The first-order valence-corrected chi connectivity index (χ1v) is 5.36. The molecule has 0 saturated carbocycles. The second kappa shape index (κ2) is 6.98. The fourth-order valence-corrected chi connectivity index (χ4v) is 1.42. The number of hydrogen-bond acceptors (Lipinski definition) is 3. The largest absolute Gasteiger partial charge is 0.478 e. The Morgan fingerprint density at radius 3 is 2.88 bits per heavy atom. The topological polar surface area (TPSA) is 58.6 Å². The van der Waals surface area contributed by atoms with E-state index in [1.165, 1.54) is 12.1 Å². The number of methoxy groups -OCH3 is 1. The summed E-state index contributed by atoms with van der Waals surface area (Å²) in [6.07, 6.45) is 0.881. The molecule has 0 unspecified atom stereocenters. The predicted molar refractivity (Wildman–Crippen MR) is 61.6 cm³/mol. The lowest BCUT2D eigenvalue weighted by Crippen LogP contribution is -2.16. The first kappa shape index (κ1) is 13.6. The summed E-state index contributed by atoms with van der Waals surface area (Å²) in [4.78, 5) is 10.6. The van der Waals surface area contributed by atoms with Crippen LogP contribution in [-0.2, 0) is 11.3 Å². The number of benzene rings is 1. The minimum absolute atomic E-state index is 0.298. The zero-order valence-electron chi connectivity index (χ0n) is 9.70. The smallest absolute Gasteiger partial charge is 0.338 e. The summed E-state index contributed by atoms with van der Waals surface area (Å²) < 4.78 is 18.2. The van der Waals surface area contributed by atoms with E-state index in [9.17, 15) is 9.18 Å². The standard InChI is InChI=1S/C12H16FNO3/c1-17-6-2-5-14-8-9-3-4-10(12(15)16)11(13)7-9/h3-4,7,14H,2,5-6,8H2,1H3,(H,15,16). The normalized spacial score (nSPS) is 10.5. The third-order valence-electron chi connectivity index (χ3n) is 2.30. The van der Waals surface area contributed by atoms with E-state index in [1.54, 1.807) is 13.2 Å². The van der Waals surface area contributed by atoms with Crippen molar-refractivity contribution in [3.63, 3.8) is 0 Å². The summed E-state index contributed by atoms with van der Waals surface area (Å²) in [5.41, 5.74) is 0.429. The average molecular weight is 241 g/mol. The average Bonchev–Trinajstić information content (AvgIpc) is 2.28. The Labute approximate surface area is 99.4 Å². The van der Waals surface area contributed by atoms with Crippen LogP contribution in [0, 0.1) is 5.82 Å². The van der Waals surface area contributed by atoms with Gasteiger partial charge in [0.2, 0.25) is 0 Å². The Bertz CT molecular complexity index is 382. The van der Waals surface area contributed by atoms with Gasteiger partial charge < -0.3 is 15.2 Å². The van der Waals surface area contributed by atoms with Crippen molar-refractivity contribution in [2.45, 2.75) is 13.0 Å². The summed E-state index contributed by atoms with van der Waals surface area (Å²) in [5, 5.41) is 11.8.